The Hall–Kier alpha value is -0.120. The van der Waals surface area contributed by atoms with Gasteiger partial charge in [0, 0.05) is 19.6 Å². The first-order valence-corrected chi connectivity index (χ1v) is 10.4. The van der Waals surface area contributed by atoms with Crippen LogP contribution in [0.25, 0.3) is 0 Å². The van der Waals surface area contributed by atoms with Crippen molar-refractivity contribution in [2.45, 2.75) is 102 Å². The molecule has 0 aromatic heterocycles. The van der Waals surface area contributed by atoms with Crippen LogP contribution in [0.3, 0.4) is 0 Å². The predicted octanol–water partition coefficient (Wildman–Crippen LogP) is 4.39. The van der Waals surface area contributed by atoms with Gasteiger partial charge in [-0.2, -0.15) is 0 Å². The van der Waals surface area contributed by atoms with E-state index >= 15 is 0 Å². The van der Waals surface area contributed by atoms with Crippen LogP contribution in [0.4, 0.5) is 0 Å². The summed E-state index contributed by atoms with van der Waals surface area (Å²) in [5.41, 5.74) is -0.421. The summed E-state index contributed by atoms with van der Waals surface area (Å²) in [6.07, 6.45) is 18.2. The molecular weight excluding hydrogens is 284 g/mol. The van der Waals surface area contributed by atoms with E-state index in [2.05, 4.69) is 17.6 Å². The van der Waals surface area contributed by atoms with Crippen molar-refractivity contribution < 1.29 is 5.11 Å². The third kappa shape index (κ3) is 12.0. The molecule has 0 amide bonds. The molecule has 23 heavy (non-hydrogen) atoms. The number of unbranched alkanes of at least 4 members (excludes halogenated alkanes) is 8. The van der Waals surface area contributed by atoms with Crippen LogP contribution in [-0.2, 0) is 0 Å². The summed E-state index contributed by atoms with van der Waals surface area (Å²) in [7, 11) is 0. The molecule has 0 radical (unpaired) electrons. The molecular formula is C20H42N2O. The molecule has 0 spiro atoms. The van der Waals surface area contributed by atoms with Crippen LogP contribution >= 0.6 is 0 Å². The van der Waals surface area contributed by atoms with E-state index < -0.39 is 5.60 Å². The summed E-state index contributed by atoms with van der Waals surface area (Å²) in [5.74, 6) is 0. The fourth-order valence-corrected chi connectivity index (χ4v) is 3.57. The van der Waals surface area contributed by atoms with Gasteiger partial charge in [-0.3, -0.25) is 0 Å². The van der Waals surface area contributed by atoms with Gasteiger partial charge in [0.05, 0.1) is 5.60 Å². The topological polar surface area (TPSA) is 44.3 Å². The zero-order valence-corrected chi connectivity index (χ0v) is 15.7. The van der Waals surface area contributed by atoms with E-state index in [1.165, 1.54) is 77.0 Å². The van der Waals surface area contributed by atoms with Crippen molar-refractivity contribution in [1.29, 1.82) is 0 Å². The van der Waals surface area contributed by atoms with Crippen molar-refractivity contribution in [2.24, 2.45) is 0 Å². The van der Waals surface area contributed by atoms with Crippen molar-refractivity contribution in [3.63, 3.8) is 0 Å². The maximum atomic E-state index is 10.4. The van der Waals surface area contributed by atoms with E-state index in [0.717, 1.165) is 39.0 Å². The molecule has 3 N–H and O–H groups in total. The predicted molar refractivity (Wildman–Crippen MR) is 101 cm³/mol. The summed E-state index contributed by atoms with van der Waals surface area (Å²) in [5, 5.41) is 17.3. The summed E-state index contributed by atoms with van der Waals surface area (Å²) < 4.78 is 0. The van der Waals surface area contributed by atoms with Gasteiger partial charge in [-0.05, 0) is 25.8 Å². The second-order valence-corrected chi connectivity index (χ2v) is 7.54. The fourth-order valence-electron chi connectivity index (χ4n) is 3.57. The molecule has 0 aromatic rings. The Bertz CT molecular complexity index is 252. The van der Waals surface area contributed by atoms with Gasteiger partial charge in [-0.1, -0.05) is 77.6 Å². The molecule has 3 nitrogen and oxygen atoms in total. The average molecular weight is 327 g/mol. The number of hydrogen-bond donors (Lipinski definition) is 3. The summed E-state index contributed by atoms with van der Waals surface area (Å²) in [4.78, 5) is 0. The highest BCUT2D eigenvalue weighted by Crippen LogP contribution is 2.27. The smallest absolute Gasteiger partial charge is 0.0771 e. The Morgan fingerprint density at radius 2 is 1.26 bits per heavy atom. The molecule has 0 unspecified atom stereocenters. The van der Waals surface area contributed by atoms with Crippen molar-refractivity contribution in [3.8, 4) is 0 Å². The van der Waals surface area contributed by atoms with E-state index in [1.807, 2.05) is 0 Å². The van der Waals surface area contributed by atoms with Crippen LogP contribution < -0.4 is 10.6 Å². The Kier molecular flexibility index (Phi) is 13.0. The van der Waals surface area contributed by atoms with Crippen LogP contribution in [0.15, 0.2) is 0 Å². The number of aliphatic hydroxyl groups is 1. The molecule has 0 atom stereocenters. The fraction of sp³-hybridized carbons (Fsp3) is 1.00. The van der Waals surface area contributed by atoms with E-state index in [0.29, 0.717) is 0 Å². The quantitative estimate of drug-likeness (QED) is 0.391. The molecule has 3 heteroatoms. The summed E-state index contributed by atoms with van der Waals surface area (Å²) in [6.45, 7) is 6.18. The minimum Gasteiger partial charge on any atom is -0.389 e. The zero-order valence-electron chi connectivity index (χ0n) is 15.7. The first-order valence-electron chi connectivity index (χ1n) is 10.4. The molecule has 0 aromatic carbocycles. The lowest BCUT2D eigenvalue weighted by Crippen LogP contribution is -2.43. The lowest BCUT2D eigenvalue weighted by molar-refractivity contribution is 0.00519. The first-order chi connectivity index (χ1) is 11.3. The number of hydrogen-bond acceptors (Lipinski definition) is 3. The lowest BCUT2D eigenvalue weighted by atomic mass is 9.85. The van der Waals surface area contributed by atoms with Gasteiger partial charge >= 0.3 is 0 Å². The molecule has 1 saturated carbocycles. The van der Waals surface area contributed by atoms with Gasteiger partial charge in [0.25, 0.3) is 0 Å². The zero-order chi connectivity index (χ0) is 16.6. The van der Waals surface area contributed by atoms with Crippen molar-refractivity contribution >= 4 is 0 Å². The maximum absolute atomic E-state index is 10.4. The molecule has 1 fully saturated rings. The van der Waals surface area contributed by atoms with Crippen molar-refractivity contribution in [2.75, 3.05) is 26.2 Å². The van der Waals surface area contributed by atoms with Crippen LogP contribution in [-0.4, -0.2) is 36.9 Å². The van der Waals surface area contributed by atoms with Gasteiger partial charge in [0.15, 0.2) is 0 Å². The van der Waals surface area contributed by atoms with Crippen LogP contribution in [0.2, 0.25) is 0 Å². The molecule has 1 aliphatic rings. The van der Waals surface area contributed by atoms with Gasteiger partial charge in [0.2, 0.25) is 0 Å². The number of nitrogens with one attached hydrogen (secondary N) is 2. The maximum Gasteiger partial charge on any atom is 0.0771 e. The largest absolute Gasteiger partial charge is 0.389 e. The molecule has 0 heterocycles. The van der Waals surface area contributed by atoms with Gasteiger partial charge in [-0.15, -0.1) is 0 Å². The number of rotatable bonds is 15. The van der Waals surface area contributed by atoms with E-state index in [-0.39, 0.29) is 0 Å². The van der Waals surface area contributed by atoms with Crippen molar-refractivity contribution in [1.82, 2.24) is 10.6 Å². The normalized spacial score (nSPS) is 17.5. The lowest BCUT2D eigenvalue weighted by Gasteiger charge is -2.32. The van der Waals surface area contributed by atoms with Gasteiger partial charge < -0.3 is 15.7 Å². The highest BCUT2D eigenvalue weighted by molar-refractivity contribution is 4.84. The van der Waals surface area contributed by atoms with Crippen LogP contribution in [0.1, 0.15) is 96.8 Å². The van der Waals surface area contributed by atoms with Gasteiger partial charge in [0.1, 0.15) is 0 Å². The third-order valence-corrected chi connectivity index (χ3v) is 5.17. The Labute approximate surface area is 145 Å². The van der Waals surface area contributed by atoms with Gasteiger partial charge in [-0.25, -0.2) is 0 Å². The van der Waals surface area contributed by atoms with E-state index in [1.54, 1.807) is 0 Å². The summed E-state index contributed by atoms with van der Waals surface area (Å²) >= 11 is 0. The van der Waals surface area contributed by atoms with E-state index in [4.69, 9.17) is 0 Å². The second-order valence-electron chi connectivity index (χ2n) is 7.54. The highest BCUT2D eigenvalue weighted by Gasteiger charge is 2.28. The van der Waals surface area contributed by atoms with Crippen LogP contribution in [0, 0.1) is 0 Å². The molecule has 1 aliphatic carbocycles. The molecule has 1 rings (SSSR count). The standard InChI is InChI=1S/C20H42N2O/c1-2-3-4-5-6-7-8-9-13-16-21-17-18-22-19-20(23)14-11-10-12-15-20/h21-23H,2-19H2,1H3. The Balaban J connectivity index is 1.74. The second kappa shape index (κ2) is 14.2. The Morgan fingerprint density at radius 3 is 1.91 bits per heavy atom. The molecule has 138 valence electrons. The third-order valence-electron chi connectivity index (χ3n) is 5.17. The summed E-state index contributed by atoms with van der Waals surface area (Å²) in [6, 6.07) is 0. The molecule has 0 saturated heterocycles. The van der Waals surface area contributed by atoms with E-state index in [9.17, 15) is 5.11 Å². The highest BCUT2D eigenvalue weighted by atomic mass is 16.3. The SMILES string of the molecule is CCCCCCCCCCCNCCNCC1(O)CCCCC1. The van der Waals surface area contributed by atoms with Crippen LogP contribution in [0.5, 0.6) is 0 Å². The molecule has 0 bridgehead atoms. The average Bonchev–Trinajstić information content (AvgIpc) is 2.56. The molecule has 0 aliphatic heterocycles. The first kappa shape index (κ1) is 20.9. The van der Waals surface area contributed by atoms with Crippen molar-refractivity contribution in [3.05, 3.63) is 0 Å². The monoisotopic (exact) mass is 326 g/mol. The minimum absolute atomic E-state index is 0.421. The minimum atomic E-state index is -0.421. The Morgan fingerprint density at radius 1 is 0.696 bits per heavy atom.